The number of ether oxygens (including phenoxy) is 3. The number of aliphatic hydroxyl groups is 5. The van der Waals surface area contributed by atoms with Gasteiger partial charge in [0, 0.05) is 16.5 Å². The van der Waals surface area contributed by atoms with Crippen LogP contribution in [0.4, 0.5) is 0 Å². The Morgan fingerprint density at radius 1 is 1.26 bits per heavy atom. The summed E-state index contributed by atoms with van der Waals surface area (Å²) in [4.78, 5) is 0. The molecule has 0 radical (unpaired) electrons. The quantitative estimate of drug-likeness (QED) is 0.365. The number of hydrogen-bond acceptors (Lipinski definition) is 8. The average Bonchev–Trinajstić information content (AvgIpc) is 2.94. The molecule has 0 saturated carbocycles. The Balaban J connectivity index is 1.67. The molecule has 5 N–H and O–H groups in total. The van der Waals surface area contributed by atoms with Crippen molar-refractivity contribution in [1.29, 1.82) is 0 Å². The normalized spacial score (nSPS) is 37.9. The lowest BCUT2D eigenvalue weighted by atomic mass is 10.1. The lowest BCUT2D eigenvalue weighted by Gasteiger charge is -2.36. The van der Waals surface area contributed by atoms with Crippen molar-refractivity contribution in [3.63, 3.8) is 0 Å². The minimum atomic E-state index is -1.02. The third kappa shape index (κ3) is 4.57. The molecule has 2 unspecified atom stereocenters. The van der Waals surface area contributed by atoms with E-state index in [1.165, 1.54) is 0 Å². The molecule has 27 heavy (non-hydrogen) atoms. The van der Waals surface area contributed by atoms with E-state index in [0.717, 1.165) is 0 Å². The highest BCUT2D eigenvalue weighted by molar-refractivity contribution is 7.97. The zero-order valence-corrected chi connectivity index (χ0v) is 15.9. The average molecular weight is 403 g/mol. The maximum atomic E-state index is 10.7. The molecule has 2 fully saturated rings. The first-order valence-corrected chi connectivity index (χ1v) is 10.5. The molecule has 1 aromatic carbocycles. The molecule has 8 nitrogen and oxygen atoms in total. The van der Waals surface area contributed by atoms with Gasteiger partial charge in [0.15, 0.2) is 11.5 Å². The van der Waals surface area contributed by atoms with Gasteiger partial charge < -0.3 is 39.7 Å². The molecular formula is C18H27O8S+. The Hall–Kier alpha value is -0.910. The van der Waals surface area contributed by atoms with Gasteiger partial charge in [-0.05, 0) is 12.1 Å². The third-order valence-electron chi connectivity index (χ3n) is 4.98. The lowest BCUT2D eigenvalue weighted by Crippen LogP contribution is -2.50. The first-order chi connectivity index (χ1) is 12.9. The van der Waals surface area contributed by atoms with Crippen LogP contribution in [0.3, 0.4) is 0 Å². The highest BCUT2D eigenvalue weighted by Crippen LogP contribution is 2.31. The van der Waals surface area contributed by atoms with Gasteiger partial charge in [-0.25, -0.2) is 0 Å². The minimum Gasteiger partial charge on any atom is -0.497 e. The zero-order chi connectivity index (χ0) is 19.6. The van der Waals surface area contributed by atoms with Gasteiger partial charge in [0.25, 0.3) is 0 Å². The second kappa shape index (κ2) is 9.06. The van der Waals surface area contributed by atoms with Crippen molar-refractivity contribution in [2.75, 3.05) is 31.8 Å². The smallest absolute Gasteiger partial charge is 0.184 e. The van der Waals surface area contributed by atoms with Crippen LogP contribution in [0.1, 0.15) is 11.9 Å². The minimum absolute atomic E-state index is 0.00601. The molecule has 2 aliphatic heterocycles. The predicted octanol–water partition coefficient (Wildman–Crippen LogP) is -1.45. The second-order valence-corrected chi connectivity index (χ2v) is 9.17. The number of aliphatic hydroxyl groups excluding tert-OH is 5. The monoisotopic (exact) mass is 403 g/mol. The van der Waals surface area contributed by atoms with Gasteiger partial charge in [-0.1, -0.05) is 12.1 Å². The van der Waals surface area contributed by atoms with E-state index in [9.17, 15) is 25.5 Å². The van der Waals surface area contributed by atoms with Crippen molar-refractivity contribution in [2.45, 2.75) is 42.1 Å². The van der Waals surface area contributed by atoms with Crippen molar-refractivity contribution in [3.05, 3.63) is 29.8 Å². The standard InChI is InChI=1S/C18H27O8S/c1-24-11-4-2-3-10(5-11)18-25-7-12(20)17(26-18)14(22)9-27-8-13(21)16(23)15(27)6-19/h2-5,12-23H,6-9H2,1H3/q+1/t12-,13-,14-,15-,16+,17+,18?,27?/m1/s1. The summed E-state index contributed by atoms with van der Waals surface area (Å²) in [6.45, 7) is -0.260. The topological polar surface area (TPSA) is 129 Å². The third-order valence-corrected chi connectivity index (χ3v) is 7.80. The van der Waals surface area contributed by atoms with Crippen LogP contribution in [0, 0.1) is 0 Å². The van der Waals surface area contributed by atoms with E-state index in [2.05, 4.69) is 0 Å². The van der Waals surface area contributed by atoms with E-state index in [1.54, 1.807) is 25.3 Å². The van der Waals surface area contributed by atoms with Gasteiger partial charge in [-0.15, -0.1) is 0 Å². The molecule has 2 saturated heterocycles. The molecular weight excluding hydrogens is 376 g/mol. The first kappa shape index (κ1) is 20.8. The maximum Gasteiger partial charge on any atom is 0.184 e. The molecule has 0 bridgehead atoms. The van der Waals surface area contributed by atoms with Crippen LogP contribution in [-0.2, 0) is 20.4 Å². The van der Waals surface area contributed by atoms with Crippen LogP contribution >= 0.6 is 0 Å². The predicted molar refractivity (Wildman–Crippen MR) is 98.6 cm³/mol. The van der Waals surface area contributed by atoms with Crippen LogP contribution < -0.4 is 4.74 Å². The van der Waals surface area contributed by atoms with E-state index < -0.39 is 53.0 Å². The molecule has 0 aliphatic carbocycles. The molecule has 152 valence electrons. The summed E-state index contributed by atoms with van der Waals surface area (Å²) in [5, 5.41) is 49.7. The molecule has 0 spiro atoms. The Kier molecular flexibility index (Phi) is 6.98. The molecule has 0 aromatic heterocycles. The van der Waals surface area contributed by atoms with Gasteiger partial charge in [-0.2, -0.15) is 0 Å². The van der Waals surface area contributed by atoms with Crippen molar-refractivity contribution in [2.24, 2.45) is 0 Å². The summed E-state index contributed by atoms with van der Waals surface area (Å²) in [6.07, 6.45) is -5.57. The molecule has 2 aliphatic rings. The van der Waals surface area contributed by atoms with Gasteiger partial charge >= 0.3 is 0 Å². The number of benzene rings is 1. The summed E-state index contributed by atoms with van der Waals surface area (Å²) < 4.78 is 16.6. The first-order valence-electron chi connectivity index (χ1n) is 8.85. The van der Waals surface area contributed by atoms with Gasteiger partial charge in [0.05, 0.1) is 20.3 Å². The lowest BCUT2D eigenvalue weighted by molar-refractivity contribution is -0.273. The molecule has 9 heteroatoms. The van der Waals surface area contributed by atoms with E-state index in [0.29, 0.717) is 17.1 Å². The number of rotatable bonds is 6. The largest absolute Gasteiger partial charge is 0.497 e. The Morgan fingerprint density at radius 3 is 2.74 bits per heavy atom. The fourth-order valence-corrected chi connectivity index (χ4v) is 6.15. The fraction of sp³-hybridized carbons (Fsp3) is 0.667. The van der Waals surface area contributed by atoms with Crippen molar-refractivity contribution in [1.82, 2.24) is 0 Å². The van der Waals surface area contributed by atoms with Crippen molar-refractivity contribution < 1.29 is 39.7 Å². The second-order valence-electron chi connectivity index (χ2n) is 6.83. The van der Waals surface area contributed by atoms with Crippen LogP contribution in [0.15, 0.2) is 24.3 Å². The molecule has 2 heterocycles. The number of methoxy groups -OCH3 is 1. The Morgan fingerprint density at radius 2 is 2.04 bits per heavy atom. The van der Waals surface area contributed by atoms with Crippen LogP contribution in [-0.4, -0.2) is 93.1 Å². The molecule has 3 rings (SSSR count). The Bertz CT molecular complexity index is 617. The fourth-order valence-electron chi connectivity index (χ4n) is 3.47. The SMILES string of the molecule is COc1cccc(C2OC[C@@H](O)[C@@H]([C@H](O)C[S+]3C[C@@H](O)[C@H](O)[C@H]3CO)O2)c1. The summed E-state index contributed by atoms with van der Waals surface area (Å²) in [5.41, 5.74) is 0.709. The summed E-state index contributed by atoms with van der Waals surface area (Å²) in [7, 11) is 0.972. The molecule has 1 aromatic rings. The maximum absolute atomic E-state index is 10.7. The zero-order valence-electron chi connectivity index (χ0n) is 15.0. The van der Waals surface area contributed by atoms with Crippen molar-refractivity contribution in [3.8, 4) is 5.75 Å². The van der Waals surface area contributed by atoms with Crippen LogP contribution in [0.25, 0.3) is 0 Å². The highest BCUT2D eigenvalue weighted by Gasteiger charge is 2.51. The Labute approximate surface area is 160 Å². The van der Waals surface area contributed by atoms with E-state index in [-0.39, 0.29) is 19.0 Å². The number of hydrogen-bond donors (Lipinski definition) is 5. The van der Waals surface area contributed by atoms with E-state index in [1.807, 2.05) is 6.07 Å². The molecule has 0 amide bonds. The van der Waals surface area contributed by atoms with Crippen LogP contribution in [0.5, 0.6) is 5.75 Å². The van der Waals surface area contributed by atoms with Gasteiger partial charge in [0.1, 0.15) is 47.8 Å². The van der Waals surface area contributed by atoms with Gasteiger partial charge in [-0.3, -0.25) is 0 Å². The van der Waals surface area contributed by atoms with Gasteiger partial charge in [0.2, 0.25) is 0 Å². The summed E-state index contributed by atoms with van der Waals surface area (Å²) in [5.74, 6) is 1.16. The molecule has 8 atom stereocenters. The summed E-state index contributed by atoms with van der Waals surface area (Å²) >= 11 is 0. The van der Waals surface area contributed by atoms with E-state index in [4.69, 9.17) is 14.2 Å². The van der Waals surface area contributed by atoms with E-state index >= 15 is 0 Å². The summed E-state index contributed by atoms with van der Waals surface area (Å²) in [6, 6.07) is 7.16. The van der Waals surface area contributed by atoms with Crippen molar-refractivity contribution >= 4 is 10.9 Å². The highest BCUT2D eigenvalue weighted by atomic mass is 32.2. The van der Waals surface area contributed by atoms with Crippen LogP contribution in [0.2, 0.25) is 0 Å².